The first-order valence-corrected chi connectivity index (χ1v) is 6.12. The van der Waals surface area contributed by atoms with Crippen LogP contribution >= 0.6 is 0 Å². The number of fused-ring (bicyclic) bond motifs is 1. The van der Waals surface area contributed by atoms with Crippen molar-refractivity contribution in [1.29, 1.82) is 0 Å². The Morgan fingerprint density at radius 2 is 1.68 bits per heavy atom. The molecule has 0 amide bonds. The minimum absolute atomic E-state index is 0.0613. The Balaban J connectivity index is 1.96. The van der Waals surface area contributed by atoms with E-state index >= 15 is 0 Å². The fraction of sp³-hybridized carbons (Fsp3) is 0.0625. The molecule has 0 N–H and O–H groups in total. The molecule has 0 fully saturated rings. The molecule has 3 heteroatoms. The highest BCUT2D eigenvalue weighted by Gasteiger charge is 2.10. The molecule has 0 saturated heterocycles. The van der Waals surface area contributed by atoms with Crippen LogP contribution in [0.25, 0.3) is 10.8 Å². The van der Waals surface area contributed by atoms with Gasteiger partial charge < -0.3 is 0 Å². The number of ketones is 1. The van der Waals surface area contributed by atoms with E-state index in [0.717, 1.165) is 16.5 Å². The minimum atomic E-state index is 0.0613. The number of carbonyl (C=O) groups excluding carboxylic acids is 1. The molecule has 0 unspecified atom stereocenters. The SMILES string of the molecule is O=C(Cc1nncc2ccccc12)c1ccccc1. The number of nitrogens with zero attached hydrogens (tertiary/aromatic N) is 2. The van der Waals surface area contributed by atoms with Crippen LogP contribution in [-0.4, -0.2) is 16.0 Å². The second-order valence-electron chi connectivity index (χ2n) is 4.34. The molecule has 0 bridgehead atoms. The molecule has 0 aliphatic rings. The Labute approximate surface area is 110 Å². The van der Waals surface area contributed by atoms with Crippen LogP contribution in [0, 0.1) is 0 Å². The van der Waals surface area contributed by atoms with E-state index < -0.39 is 0 Å². The monoisotopic (exact) mass is 248 g/mol. The van der Waals surface area contributed by atoms with Crippen LogP contribution in [0.3, 0.4) is 0 Å². The van der Waals surface area contributed by atoms with Crippen molar-refractivity contribution in [3.8, 4) is 0 Å². The molecule has 0 saturated carbocycles. The van der Waals surface area contributed by atoms with Gasteiger partial charge in [-0.15, -0.1) is 0 Å². The normalized spacial score (nSPS) is 10.5. The zero-order valence-corrected chi connectivity index (χ0v) is 10.3. The van der Waals surface area contributed by atoms with Crippen LogP contribution in [0.1, 0.15) is 16.1 Å². The molecule has 3 aromatic rings. The van der Waals surface area contributed by atoms with Crippen molar-refractivity contribution in [2.75, 3.05) is 0 Å². The average molecular weight is 248 g/mol. The number of Topliss-reactive ketones (excluding diaryl/α,β-unsaturated/α-hetero) is 1. The topological polar surface area (TPSA) is 42.9 Å². The number of benzene rings is 2. The highest BCUT2D eigenvalue weighted by atomic mass is 16.1. The highest BCUT2D eigenvalue weighted by molar-refractivity contribution is 5.99. The van der Waals surface area contributed by atoms with E-state index in [2.05, 4.69) is 10.2 Å². The number of hydrogen-bond donors (Lipinski definition) is 0. The molecule has 0 atom stereocenters. The third-order valence-corrected chi connectivity index (χ3v) is 3.07. The summed E-state index contributed by atoms with van der Waals surface area (Å²) in [6.07, 6.45) is 1.99. The van der Waals surface area contributed by atoms with Gasteiger partial charge in [0.25, 0.3) is 0 Å². The van der Waals surface area contributed by atoms with Crippen LogP contribution in [-0.2, 0) is 6.42 Å². The zero-order valence-electron chi connectivity index (χ0n) is 10.3. The molecule has 1 aromatic heterocycles. The van der Waals surface area contributed by atoms with E-state index in [-0.39, 0.29) is 12.2 Å². The van der Waals surface area contributed by atoms with Gasteiger partial charge in [0.2, 0.25) is 0 Å². The van der Waals surface area contributed by atoms with E-state index in [4.69, 9.17) is 0 Å². The van der Waals surface area contributed by atoms with Crippen LogP contribution in [0.4, 0.5) is 0 Å². The maximum atomic E-state index is 12.2. The van der Waals surface area contributed by atoms with Crippen LogP contribution in [0.2, 0.25) is 0 Å². The van der Waals surface area contributed by atoms with Crippen LogP contribution in [0.15, 0.2) is 60.8 Å². The summed E-state index contributed by atoms with van der Waals surface area (Å²) in [4.78, 5) is 12.2. The average Bonchev–Trinajstić information content (AvgIpc) is 2.48. The van der Waals surface area contributed by atoms with Crippen molar-refractivity contribution >= 4 is 16.6 Å². The largest absolute Gasteiger partial charge is 0.294 e. The predicted molar refractivity (Wildman–Crippen MR) is 74.0 cm³/mol. The zero-order chi connectivity index (χ0) is 13.1. The summed E-state index contributed by atoms with van der Waals surface area (Å²) in [6, 6.07) is 17.1. The second kappa shape index (κ2) is 4.98. The maximum Gasteiger partial charge on any atom is 0.168 e. The molecule has 3 rings (SSSR count). The lowest BCUT2D eigenvalue weighted by molar-refractivity contribution is 0.0992. The van der Waals surface area contributed by atoms with Gasteiger partial charge >= 0.3 is 0 Å². The molecule has 0 radical (unpaired) electrons. The van der Waals surface area contributed by atoms with Crippen molar-refractivity contribution in [3.63, 3.8) is 0 Å². The lowest BCUT2D eigenvalue weighted by Gasteiger charge is -2.04. The summed E-state index contributed by atoms with van der Waals surface area (Å²) in [5.74, 6) is 0.0613. The number of carbonyl (C=O) groups is 1. The van der Waals surface area contributed by atoms with Gasteiger partial charge in [-0.05, 0) is 0 Å². The highest BCUT2D eigenvalue weighted by Crippen LogP contribution is 2.16. The molecule has 0 spiro atoms. The van der Waals surface area contributed by atoms with Gasteiger partial charge in [0.05, 0.1) is 18.3 Å². The van der Waals surface area contributed by atoms with Crippen LogP contribution < -0.4 is 0 Å². The van der Waals surface area contributed by atoms with Crippen molar-refractivity contribution in [1.82, 2.24) is 10.2 Å². The van der Waals surface area contributed by atoms with Gasteiger partial charge in [0.1, 0.15) is 0 Å². The summed E-state index contributed by atoms with van der Waals surface area (Å²) >= 11 is 0. The first-order chi connectivity index (χ1) is 9.34. The molecule has 3 nitrogen and oxygen atoms in total. The summed E-state index contributed by atoms with van der Waals surface area (Å²) < 4.78 is 0. The van der Waals surface area contributed by atoms with E-state index in [1.807, 2.05) is 54.6 Å². The van der Waals surface area contributed by atoms with E-state index in [1.165, 1.54) is 0 Å². The van der Waals surface area contributed by atoms with Crippen LogP contribution in [0.5, 0.6) is 0 Å². The third-order valence-electron chi connectivity index (χ3n) is 3.07. The first kappa shape index (κ1) is 11.5. The van der Waals surface area contributed by atoms with Gasteiger partial charge in [0, 0.05) is 16.3 Å². The molecule has 2 aromatic carbocycles. The molecule has 1 heterocycles. The smallest absolute Gasteiger partial charge is 0.168 e. The Morgan fingerprint density at radius 3 is 2.53 bits per heavy atom. The maximum absolute atomic E-state index is 12.2. The minimum Gasteiger partial charge on any atom is -0.294 e. The Morgan fingerprint density at radius 1 is 0.947 bits per heavy atom. The number of hydrogen-bond acceptors (Lipinski definition) is 3. The van der Waals surface area contributed by atoms with Gasteiger partial charge in [-0.1, -0.05) is 54.6 Å². The van der Waals surface area contributed by atoms with Gasteiger partial charge in [-0.3, -0.25) is 4.79 Å². The Kier molecular flexibility index (Phi) is 3.02. The number of rotatable bonds is 3. The third kappa shape index (κ3) is 2.36. The summed E-state index contributed by atoms with van der Waals surface area (Å²) in [6.45, 7) is 0. The lowest BCUT2D eigenvalue weighted by atomic mass is 10.0. The molecular weight excluding hydrogens is 236 g/mol. The quantitative estimate of drug-likeness (QED) is 0.669. The lowest BCUT2D eigenvalue weighted by Crippen LogP contribution is -2.06. The summed E-state index contributed by atoms with van der Waals surface area (Å²) in [7, 11) is 0. The fourth-order valence-corrected chi connectivity index (χ4v) is 2.10. The Bertz CT molecular complexity index is 718. The van der Waals surface area contributed by atoms with Gasteiger partial charge in [-0.2, -0.15) is 10.2 Å². The standard InChI is InChI=1S/C16H12N2O/c19-16(12-6-2-1-3-7-12)10-15-14-9-5-4-8-13(14)11-17-18-15/h1-9,11H,10H2. The summed E-state index contributed by atoms with van der Waals surface area (Å²) in [5, 5.41) is 10.1. The van der Waals surface area contributed by atoms with Crippen molar-refractivity contribution in [2.45, 2.75) is 6.42 Å². The van der Waals surface area contributed by atoms with Crippen molar-refractivity contribution in [3.05, 3.63) is 72.1 Å². The van der Waals surface area contributed by atoms with Gasteiger partial charge in [0.15, 0.2) is 5.78 Å². The van der Waals surface area contributed by atoms with E-state index in [1.54, 1.807) is 6.20 Å². The van der Waals surface area contributed by atoms with E-state index in [9.17, 15) is 4.79 Å². The first-order valence-electron chi connectivity index (χ1n) is 6.12. The van der Waals surface area contributed by atoms with Crippen molar-refractivity contribution < 1.29 is 4.79 Å². The van der Waals surface area contributed by atoms with Gasteiger partial charge in [-0.25, -0.2) is 0 Å². The number of aromatic nitrogens is 2. The molecule has 0 aliphatic heterocycles. The Hall–Kier alpha value is -2.55. The van der Waals surface area contributed by atoms with Crippen molar-refractivity contribution in [2.24, 2.45) is 0 Å². The molecule has 19 heavy (non-hydrogen) atoms. The molecular formula is C16H12N2O. The molecule has 0 aliphatic carbocycles. The molecule has 92 valence electrons. The fourth-order valence-electron chi connectivity index (χ4n) is 2.10. The summed E-state index contributed by atoms with van der Waals surface area (Å²) in [5.41, 5.74) is 1.43. The second-order valence-corrected chi connectivity index (χ2v) is 4.34. The predicted octanol–water partition coefficient (Wildman–Crippen LogP) is 3.06. The van der Waals surface area contributed by atoms with E-state index in [0.29, 0.717) is 5.56 Å².